The molecule has 0 aliphatic heterocycles. The molecule has 3 N–H and O–H groups in total. The third-order valence-corrected chi connectivity index (χ3v) is 3.72. The molecule has 0 aliphatic carbocycles. The molecule has 3 aromatic rings. The van der Waals surface area contributed by atoms with Crippen LogP contribution in [0.15, 0.2) is 59.6 Å². The summed E-state index contributed by atoms with van der Waals surface area (Å²) in [4.78, 5) is 20.0. The molecule has 0 spiro atoms. The number of amides is 1. The second-order valence-electron chi connectivity index (χ2n) is 5.25. The minimum absolute atomic E-state index is 0.178. The largest absolute Gasteiger partial charge is 0.367 e. The van der Waals surface area contributed by atoms with Gasteiger partial charge < -0.3 is 16.0 Å². The van der Waals surface area contributed by atoms with Crippen molar-refractivity contribution in [3.05, 3.63) is 65.2 Å². The summed E-state index contributed by atoms with van der Waals surface area (Å²) >= 11 is 3.29. The zero-order valence-electron chi connectivity index (χ0n) is 13.7. The van der Waals surface area contributed by atoms with Crippen molar-refractivity contribution in [1.82, 2.24) is 25.5 Å². The number of rotatable bonds is 7. The van der Waals surface area contributed by atoms with E-state index in [4.69, 9.17) is 0 Å². The summed E-state index contributed by atoms with van der Waals surface area (Å²) in [7, 11) is 0. The van der Waals surface area contributed by atoms with Gasteiger partial charge in [0.15, 0.2) is 5.82 Å². The van der Waals surface area contributed by atoms with Gasteiger partial charge in [0.05, 0.1) is 17.4 Å². The first kappa shape index (κ1) is 17.7. The molecular formula is C17H16BrN7O. The summed E-state index contributed by atoms with van der Waals surface area (Å²) < 4.78 is 0.763. The first-order chi connectivity index (χ1) is 12.7. The number of hydrogen-bond donors (Lipinski definition) is 3. The molecule has 8 nitrogen and oxygen atoms in total. The Balaban J connectivity index is 1.43. The molecule has 3 heterocycles. The predicted octanol–water partition coefficient (Wildman–Crippen LogP) is 2.61. The predicted molar refractivity (Wildman–Crippen MR) is 102 cm³/mol. The number of nitrogens with one attached hydrogen (secondary N) is 3. The highest BCUT2D eigenvalue weighted by Gasteiger charge is 2.05. The van der Waals surface area contributed by atoms with Gasteiger partial charge in [-0.15, -0.1) is 10.2 Å². The summed E-state index contributed by atoms with van der Waals surface area (Å²) in [5.41, 5.74) is 1.34. The standard InChI is InChI=1S/C17H16BrN7O/c18-13-8-12(9-20-10-13)17(26)22-7-6-21-15-3-4-16(25-24-15)23-14-2-1-5-19-11-14/h1-5,8-11H,6-7H2,(H,21,24)(H,22,26)(H,23,25). The van der Waals surface area contributed by atoms with Gasteiger partial charge in [0.25, 0.3) is 5.91 Å². The smallest absolute Gasteiger partial charge is 0.252 e. The Hall–Kier alpha value is -3.07. The van der Waals surface area contributed by atoms with E-state index in [1.807, 2.05) is 24.3 Å². The number of hydrogen-bond acceptors (Lipinski definition) is 7. The van der Waals surface area contributed by atoms with Crippen molar-refractivity contribution in [2.45, 2.75) is 0 Å². The van der Waals surface area contributed by atoms with Gasteiger partial charge in [-0.25, -0.2) is 0 Å². The molecule has 132 valence electrons. The van der Waals surface area contributed by atoms with Crippen LogP contribution in [0.2, 0.25) is 0 Å². The maximum atomic E-state index is 12.0. The van der Waals surface area contributed by atoms with Crippen LogP contribution in [-0.4, -0.2) is 39.2 Å². The number of nitrogens with zero attached hydrogens (tertiary/aromatic N) is 4. The van der Waals surface area contributed by atoms with Gasteiger partial charge in [-0.1, -0.05) is 0 Å². The lowest BCUT2D eigenvalue weighted by Gasteiger charge is -2.08. The van der Waals surface area contributed by atoms with Crippen molar-refractivity contribution in [2.75, 3.05) is 23.7 Å². The normalized spacial score (nSPS) is 10.2. The molecule has 3 aromatic heterocycles. The second-order valence-corrected chi connectivity index (χ2v) is 6.16. The fourth-order valence-corrected chi connectivity index (χ4v) is 2.45. The van der Waals surface area contributed by atoms with Crippen molar-refractivity contribution in [2.24, 2.45) is 0 Å². The highest BCUT2D eigenvalue weighted by atomic mass is 79.9. The van der Waals surface area contributed by atoms with Gasteiger partial charge in [0.1, 0.15) is 5.82 Å². The van der Waals surface area contributed by atoms with Crippen LogP contribution in [0.25, 0.3) is 0 Å². The van der Waals surface area contributed by atoms with Gasteiger partial charge in [0, 0.05) is 36.2 Å². The van der Waals surface area contributed by atoms with Gasteiger partial charge in [0.2, 0.25) is 0 Å². The SMILES string of the molecule is O=C(NCCNc1ccc(Nc2cccnc2)nn1)c1cncc(Br)c1. The van der Waals surface area contributed by atoms with E-state index in [2.05, 4.69) is 52.0 Å². The van der Waals surface area contributed by atoms with Crippen molar-refractivity contribution < 1.29 is 4.79 Å². The molecule has 0 saturated carbocycles. The van der Waals surface area contributed by atoms with E-state index in [9.17, 15) is 4.79 Å². The first-order valence-electron chi connectivity index (χ1n) is 7.84. The Morgan fingerprint density at radius 3 is 2.58 bits per heavy atom. The van der Waals surface area contributed by atoms with Crippen LogP contribution < -0.4 is 16.0 Å². The number of pyridine rings is 2. The molecule has 0 fully saturated rings. The molecule has 0 unspecified atom stereocenters. The number of carbonyl (C=O) groups excluding carboxylic acids is 1. The molecule has 26 heavy (non-hydrogen) atoms. The number of halogens is 1. The molecule has 0 saturated heterocycles. The molecule has 3 rings (SSSR count). The minimum Gasteiger partial charge on any atom is -0.367 e. The quantitative estimate of drug-likeness (QED) is 0.511. The van der Waals surface area contributed by atoms with Crippen LogP contribution in [0.1, 0.15) is 10.4 Å². The van der Waals surface area contributed by atoms with E-state index in [-0.39, 0.29) is 5.91 Å². The fourth-order valence-electron chi connectivity index (χ4n) is 2.08. The topological polar surface area (TPSA) is 105 Å². The van der Waals surface area contributed by atoms with Crippen LogP contribution in [0, 0.1) is 0 Å². The Kier molecular flexibility index (Phi) is 6.05. The van der Waals surface area contributed by atoms with Gasteiger partial charge in [-0.2, -0.15) is 0 Å². The van der Waals surface area contributed by atoms with Crippen molar-refractivity contribution in [3.8, 4) is 0 Å². The lowest BCUT2D eigenvalue weighted by atomic mass is 10.3. The van der Waals surface area contributed by atoms with Crippen LogP contribution in [0.5, 0.6) is 0 Å². The van der Waals surface area contributed by atoms with Gasteiger partial charge in [-0.3, -0.25) is 14.8 Å². The number of anilines is 3. The number of carbonyl (C=O) groups is 1. The Labute approximate surface area is 158 Å². The van der Waals surface area contributed by atoms with Crippen LogP contribution in [0.3, 0.4) is 0 Å². The zero-order valence-corrected chi connectivity index (χ0v) is 15.3. The van der Waals surface area contributed by atoms with E-state index in [1.54, 1.807) is 24.7 Å². The van der Waals surface area contributed by atoms with Crippen molar-refractivity contribution >= 4 is 39.2 Å². The highest BCUT2D eigenvalue weighted by Crippen LogP contribution is 2.13. The van der Waals surface area contributed by atoms with Gasteiger partial charge in [-0.05, 0) is 46.3 Å². The lowest BCUT2D eigenvalue weighted by molar-refractivity contribution is 0.0954. The third-order valence-electron chi connectivity index (χ3n) is 3.28. The molecule has 0 bridgehead atoms. The third kappa shape index (κ3) is 5.21. The summed E-state index contributed by atoms with van der Waals surface area (Å²) in [6.07, 6.45) is 6.56. The van der Waals surface area contributed by atoms with Gasteiger partial charge >= 0.3 is 0 Å². The molecule has 0 aromatic carbocycles. The molecule has 9 heteroatoms. The van der Waals surface area contributed by atoms with E-state index in [0.29, 0.717) is 30.3 Å². The Bertz CT molecular complexity index is 859. The molecular weight excluding hydrogens is 398 g/mol. The molecule has 0 radical (unpaired) electrons. The molecule has 1 amide bonds. The highest BCUT2D eigenvalue weighted by molar-refractivity contribution is 9.10. The number of aromatic nitrogens is 4. The fraction of sp³-hybridized carbons (Fsp3) is 0.118. The molecule has 0 atom stereocenters. The monoisotopic (exact) mass is 413 g/mol. The van der Waals surface area contributed by atoms with E-state index >= 15 is 0 Å². The summed E-state index contributed by atoms with van der Waals surface area (Å²) in [6.45, 7) is 0.972. The maximum absolute atomic E-state index is 12.0. The van der Waals surface area contributed by atoms with E-state index in [1.165, 1.54) is 6.20 Å². The van der Waals surface area contributed by atoms with Crippen LogP contribution in [0.4, 0.5) is 17.3 Å². The Morgan fingerprint density at radius 2 is 1.85 bits per heavy atom. The minimum atomic E-state index is -0.178. The zero-order chi connectivity index (χ0) is 18.2. The Morgan fingerprint density at radius 1 is 1.00 bits per heavy atom. The summed E-state index contributed by atoms with van der Waals surface area (Å²) in [5, 5.41) is 17.2. The van der Waals surface area contributed by atoms with E-state index < -0.39 is 0 Å². The van der Waals surface area contributed by atoms with Crippen molar-refractivity contribution in [3.63, 3.8) is 0 Å². The summed E-state index contributed by atoms with van der Waals surface area (Å²) in [5.74, 6) is 1.07. The van der Waals surface area contributed by atoms with Crippen LogP contribution >= 0.6 is 15.9 Å². The lowest BCUT2D eigenvalue weighted by Crippen LogP contribution is -2.29. The average molecular weight is 414 g/mol. The molecule has 0 aliphatic rings. The van der Waals surface area contributed by atoms with Crippen LogP contribution in [-0.2, 0) is 0 Å². The maximum Gasteiger partial charge on any atom is 0.252 e. The average Bonchev–Trinajstić information content (AvgIpc) is 2.67. The second kappa shape index (κ2) is 8.86. The van der Waals surface area contributed by atoms with Crippen molar-refractivity contribution in [1.29, 1.82) is 0 Å². The summed E-state index contributed by atoms with van der Waals surface area (Å²) in [6, 6.07) is 9.07. The van der Waals surface area contributed by atoms with E-state index in [0.717, 1.165) is 10.2 Å². The first-order valence-corrected chi connectivity index (χ1v) is 8.63.